The van der Waals surface area contributed by atoms with E-state index in [-0.39, 0.29) is 11.3 Å². The van der Waals surface area contributed by atoms with Crippen LogP contribution in [0.15, 0.2) is 23.1 Å². The lowest BCUT2D eigenvalue weighted by Gasteiger charge is -2.27. The minimum atomic E-state index is -3.44. The first-order chi connectivity index (χ1) is 9.40. The van der Waals surface area contributed by atoms with Crippen molar-refractivity contribution < 1.29 is 8.42 Å². The summed E-state index contributed by atoms with van der Waals surface area (Å²) in [7, 11) is -3.44. The first-order valence-electron chi connectivity index (χ1n) is 7.11. The van der Waals surface area contributed by atoms with Gasteiger partial charge >= 0.3 is 0 Å². The number of hydrogen-bond donors (Lipinski definition) is 1. The van der Waals surface area contributed by atoms with Gasteiger partial charge in [0.25, 0.3) is 0 Å². The van der Waals surface area contributed by atoms with Crippen LogP contribution in [-0.2, 0) is 10.0 Å². The van der Waals surface area contributed by atoms with Crippen LogP contribution in [0.1, 0.15) is 36.8 Å². The van der Waals surface area contributed by atoms with E-state index in [0.29, 0.717) is 11.4 Å². The SMILES string of the molecule is Cc1ccc(C)c(S(=O)(=O)NCC2CCCCC2Cl)c1. The van der Waals surface area contributed by atoms with Crippen LogP contribution in [0.2, 0.25) is 0 Å². The van der Waals surface area contributed by atoms with E-state index in [4.69, 9.17) is 11.6 Å². The van der Waals surface area contributed by atoms with Crippen molar-refractivity contribution in [2.75, 3.05) is 6.54 Å². The summed E-state index contributed by atoms with van der Waals surface area (Å²) in [5, 5.41) is 0.0880. The Bertz CT molecular complexity index is 571. The van der Waals surface area contributed by atoms with E-state index in [1.807, 2.05) is 26.0 Å². The number of sulfonamides is 1. The molecule has 0 radical (unpaired) electrons. The largest absolute Gasteiger partial charge is 0.240 e. The van der Waals surface area contributed by atoms with E-state index in [2.05, 4.69) is 4.72 Å². The second-order valence-corrected chi connectivity index (χ2v) is 7.98. The van der Waals surface area contributed by atoms with Crippen molar-refractivity contribution in [2.24, 2.45) is 5.92 Å². The van der Waals surface area contributed by atoms with Crippen molar-refractivity contribution in [3.05, 3.63) is 29.3 Å². The molecule has 5 heteroatoms. The van der Waals surface area contributed by atoms with Gasteiger partial charge in [-0.25, -0.2) is 13.1 Å². The summed E-state index contributed by atoms with van der Waals surface area (Å²) in [6.07, 6.45) is 4.27. The minimum Gasteiger partial charge on any atom is -0.211 e. The second kappa shape index (κ2) is 6.46. The number of benzene rings is 1. The number of nitrogens with one attached hydrogen (secondary N) is 1. The maximum absolute atomic E-state index is 12.4. The summed E-state index contributed by atoms with van der Waals surface area (Å²) in [6, 6.07) is 5.48. The highest BCUT2D eigenvalue weighted by Gasteiger charge is 2.25. The molecule has 1 aliphatic carbocycles. The Morgan fingerprint density at radius 2 is 1.95 bits per heavy atom. The first kappa shape index (κ1) is 15.8. The van der Waals surface area contributed by atoms with Crippen molar-refractivity contribution >= 4 is 21.6 Å². The van der Waals surface area contributed by atoms with Crippen molar-refractivity contribution in [3.8, 4) is 0 Å². The van der Waals surface area contributed by atoms with Gasteiger partial charge in [0.15, 0.2) is 0 Å². The van der Waals surface area contributed by atoms with Gasteiger partial charge in [0.05, 0.1) is 4.90 Å². The van der Waals surface area contributed by atoms with Gasteiger partial charge in [0.2, 0.25) is 10.0 Å². The van der Waals surface area contributed by atoms with Gasteiger partial charge in [-0.2, -0.15) is 0 Å². The second-order valence-electron chi connectivity index (χ2n) is 5.68. The van der Waals surface area contributed by atoms with Crippen LogP contribution in [-0.4, -0.2) is 20.3 Å². The molecule has 0 spiro atoms. The summed E-state index contributed by atoms with van der Waals surface area (Å²) >= 11 is 6.28. The average molecular weight is 316 g/mol. The molecular weight excluding hydrogens is 294 g/mol. The quantitative estimate of drug-likeness (QED) is 0.866. The summed E-state index contributed by atoms with van der Waals surface area (Å²) in [5.41, 5.74) is 1.72. The van der Waals surface area contributed by atoms with Crippen molar-refractivity contribution in [2.45, 2.75) is 49.8 Å². The van der Waals surface area contributed by atoms with E-state index in [1.165, 1.54) is 0 Å². The molecule has 1 fully saturated rings. The van der Waals surface area contributed by atoms with E-state index >= 15 is 0 Å². The molecule has 1 aromatic carbocycles. The van der Waals surface area contributed by atoms with Crippen LogP contribution in [0.25, 0.3) is 0 Å². The predicted molar refractivity (Wildman–Crippen MR) is 82.7 cm³/mol. The highest BCUT2D eigenvalue weighted by atomic mass is 35.5. The smallest absolute Gasteiger partial charge is 0.211 e. The van der Waals surface area contributed by atoms with Crippen molar-refractivity contribution in [1.29, 1.82) is 0 Å². The first-order valence-corrected chi connectivity index (χ1v) is 9.03. The number of alkyl halides is 1. The Balaban J connectivity index is 2.09. The van der Waals surface area contributed by atoms with Crippen LogP contribution >= 0.6 is 11.6 Å². The molecule has 0 saturated heterocycles. The van der Waals surface area contributed by atoms with E-state index in [9.17, 15) is 8.42 Å². The van der Waals surface area contributed by atoms with Gasteiger partial charge in [0, 0.05) is 11.9 Å². The molecule has 0 aromatic heterocycles. The molecule has 0 aliphatic heterocycles. The van der Waals surface area contributed by atoms with E-state index in [1.54, 1.807) is 6.07 Å². The van der Waals surface area contributed by atoms with Crippen LogP contribution in [0.4, 0.5) is 0 Å². The maximum Gasteiger partial charge on any atom is 0.240 e. The lowest BCUT2D eigenvalue weighted by molar-refractivity contribution is 0.364. The standard InChI is InChI=1S/C15H22ClNO2S/c1-11-7-8-12(2)15(9-11)20(18,19)17-10-13-5-3-4-6-14(13)16/h7-9,13-14,17H,3-6,10H2,1-2H3. The minimum absolute atomic E-state index is 0.0880. The molecule has 1 saturated carbocycles. The normalized spacial score (nSPS) is 23.8. The third-order valence-electron chi connectivity index (χ3n) is 3.99. The summed E-state index contributed by atoms with van der Waals surface area (Å²) in [5.74, 6) is 0.241. The Morgan fingerprint density at radius 3 is 2.65 bits per heavy atom. The maximum atomic E-state index is 12.4. The lowest BCUT2D eigenvalue weighted by atomic mass is 9.89. The zero-order chi connectivity index (χ0) is 14.8. The van der Waals surface area contributed by atoms with Gasteiger partial charge in [-0.3, -0.25) is 0 Å². The highest BCUT2D eigenvalue weighted by molar-refractivity contribution is 7.89. The number of rotatable bonds is 4. The Morgan fingerprint density at radius 1 is 1.25 bits per heavy atom. The fraction of sp³-hybridized carbons (Fsp3) is 0.600. The third kappa shape index (κ3) is 3.74. The number of aryl methyl sites for hydroxylation is 2. The Labute approximate surface area is 126 Å². The molecule has 2 rings (SSSR count). The molecule has 112 valence electrons. The monoisotopic (exact) mass is 315 g/mol. The Kier molecular flexibility index (Phi) is 5.10. The molecule has 2 unspecified atom stereocenters. The summed E-state index contributed by atoms with van der Waals surface area (Å²) in [4.78, 5) is 0.374. The lowest BCUT2D eigenvalue weighted by Crippen LogP contribution is -2.35. The molecule has 0 heterocycles. The number of hydrogen-bond acceptors (Lipinski definition) is 2. The van der Waals surface area contributed by atoms with Crippen LogP contribution in [0.3, 0.4) is 0 Å². The summed E-state index contributed by atoms with van der Waals surface area (Å²) in [6.45, 7) is 4.15. The highest BCUT2D eigenvalue weighted by Crippen LogP contribution is 2.28. The van der Waals surface area contributed by atoms with Crippen molar-refractivity contribution in [1.82, 2.24) is 4.72 Å². The van der Waals surface area contributed by atoms with Crippen LogP contribution in [0.5, 0.6) is 0 Å². The average Bonchev–Trinajstić information content (AvgIpc) is 2.40. The molecule has 0 bridgehead atoms. The molecule has 2 atom stereocenters. The fourth-order valence-corrected chi connectivity index (χ4v) is 4.48. The van der Waals surface area contributed by atoms with E-state index < -0.39 is 10.0 Å². The molecule has 1 N–H and O–H groups in total. The summed E-state index contributed by atoms with van der Waals surface area (Å²) < 4.78 is 27.5. The topological polar surface area (TPSA) is 46.2 Å². The Hall–Kier alpha value is -0.580. The molecule has 20 heavy (non-hydrogen) atoms. The third-order valence-corrected chi connectivity index (χ3v) is 6.13. The van der Waals surface area contributed by atoms with Gasteiger partial charge in [-0.15, -0.1) is 11.6 Å². The predicted octanol–water partition coefficient (Wildman–Crippen LogP) is 3.38. The van der Waals surface area contributed by atoms with Crippen molar-refractivity contribution in [3.63, 3.8) is 0 Å². The van der Waals surface area contributed by atoms with Crippen LogP contribution < -0.4 is 4.72 Å². The molecule has 0 amide bonds. The molecular formula is C15H22ClNO2S. The van der Waals surface area contributed by atoms with Gasteiger partial charge < -0.3 is 0 Å². The molecule has 1 aromatic rings. The molecule has 1 aliphatic rings. The van der Waals surface area contributed by atoms with Gasteiger partial charge in [-0.05, 0) is 49.8 Å². The number of halogens is 1. The van der Waals surface area contributed by atoms with Gasteiger partial charge in [-0.1, -0.05) is 25.0 Å². The zero-order valence-electron chi connectivity index (χ0n) is 12.0. The molecule has 3 nitrogen and oxygen atoms in total. The van der Waals surface area contributed by atoms with Crippen LogP contribution in [0, 0.1) is 19.8 Å². The zero-order valence-corrected chi connectivity index (χ0v) is 13.6. The fourth-order valence-electron chi connectivity index (χ4n) is 2.68. The van der Waals surface area contributed by atoms with Gasteiger partial charge in [0.1, 0.15) is 0 Å². The van der Waals surface area contributed by atoms with E-state index in [0.717, 1.165) is 36.8 Å².